The smallest absolute Gasteiger partial charge is 0.228 e. The number of hydrogen-bond donors (Lipinski definition) is 2. The number of nitrogens with one attached hydrogen (secondary N) is 2. The first kappa shape index (κ1) is 42.2. The highest BCUT2D eigenvalue weighted by Crippen LogP contribution is 2.41. The second-order valence-corrected chi connectivity index (χ2v) is 18.5. The Morgan fingerprint density at radius 3 is 1.86 bits per heavy atom. The van der Waals surface area contributed by atoms with E-state index in [0.29, 0.717) is 36.6 Å². The lowest BCUT2D eigenvalue weighted by Gasteiger charge is -2.56. The van der Waals surface area contributed by atoms with Gasteiger partial charge in [0, 0.05) is 95.2 Å². The fourth-order valence-corrected chi connectivity index (χ4v) is 10.1. The molecule has 1 spiro atoms. The van der Waals surface area contributed by atoms with Crippen LogP contribution in [0.4, 0.5) is 46.3 Å². The van der Waals surface area contributed by atoms with Gasteiger partial charge in [0.25, 0.3) is 0 Å². The van der Waals surface area contributed by atoms with Crippen LogP contribution < -0.4 is 30.2 Å². The molecule has 1 amide bonds. The number of carbonyl (C=O) groups excluding carboxylic acids is 1. The summed E-state index contributed by atoms with van der Waals surface area (Å²) in [7, 11) is 2.19. The zero-order valence-corrected chi connectivity index (χ0v) is 37.7. The van der Waals surface area contributed by atoms with E-state index in [2.05, 4.69) is 101 Å². The van der Waals surface area contributed by atoms with Gasteiger partial charge in [-0.15, -0.1) is 0 Å². The number of likely N-dealkylation sites (N-methyl/N-ethyl adjacent to an activating group) is 1. The summed E-state index contributed by atoms with van der Waals surface area (Å²) in [5.41, 5.74) is 7.07. The molecule has 0 atom stereocenters. The Morgan fingerprint density at radius 2 is 1.23 bits per heavy atom. The molecule has 342 valence electrons. The molecule has 4 aromatic heterocycles. The fourth-order valence-electron chi connectivity index (χ4n) is 10.1. The number of hydrogen-bond acceptors (Lipinski definition) is 16. The van der Waals surface area contributed by atoms with Gasteiger partial charge in [0.05, 0.1) is 83.9 Å². The van der Waals surface area contributed by atoms with Crippen molar-refractivity contribution in [2.75, 3.05) is 142 Å². The van der Waals surface area contributed by atoms with Crippen molar-refractivity contribution in [1.82, 2.24) is 39.7 Å². The van der Waals surface area contributed by atoms with E-state index in [-0.39, 0.29) is 17.7 Å². The predicted octanol–water partition coefficient (Wildman–Crippen LogP) is 5.34. The van der Waals surface area contributed by atoms with Crippen molar-refractivity contribution in [2.24, 2.45) is 5.41 Å². The molecule has 9 heterocycles. The van der Waals surface area contributed by atoms with Crippen molar-refractivity contribution in [2.45, 2.75) is 25.7 Å². The Labute approximate surface area is 385 Å². The number of carbonyl (C=O) groups is 1. The molecule has 5 fully saturated rings. The van der Waals surface area contributed by atoms with Crippen molar-refractivity contribution in [3.63, 3.8) is 0 Å². The molecular formula is C49H58N14O3. The fraction of sp³-hybridized carbons (Fsp3) is 0.449. The third-order valence-corrected chi connectivity index (χ3v) is 13.7. The van der Waals surface area contributed by atoms with Gasteiger partial charge in [-0.05, 0) is 69.3 Å². The van der Waals surface area contributed by atoms with Gasteiger partial charge in [-0.1, -0.05) is 24.3 Å². The molecule has 0 radical (unpaired) electrons. The summed E-state index contributed by atoms with van der Waals surface area (Å²) in [5, 5.41) is 8.70. The van der Waals surface area contributed by atoms with Crippen LogP contribution in [-0.4, -0.2) is 158 Å². The quantitative estimate of drug-likeness (QED) is 0.182. The van der Waals surface area contributed by atoms with E-state index in [1.807, 2.05) is 35.6 Å². The summed E-state index contributed by atoms with van der Waals surface area (Å²) < 4.78 is 11.1. The lowest BCUT2D eigenvalue weighted by atomic mass is 9.77. The molecule has 0 bridgehead atoms. The van der Waals surface area contributed by atoms with Crippen molar-refractivity contribution < 1.29 is 14.3 Å². The highest BCUT2D eigenvalue weighted by molar-refractivity contribution is 5.92. The van der Waals surface area contributed by atoms with Gasteiger partial charge < -0.3 is 49.5 Å². The number of ether oxygens (including phenoxy) is 2. The third kappa shape index (κ3) is 8.94. The Bertz CT molecular complexity index is 2680. The lowest BCUT2D eigenvalue weighted by molar-refractivity contribution is -0.130. The Balaban J connectivity index is 0.769. The van der Waals surface area contributed by atoms with E-state index in [0.717, 1.165) is 161 Å². The standard InChI is InChI=1S/C49H58N14O3/c1-58-15-4-16-61(22-21-58)41-10-3-8-36-29-52-48(57-46(36)41)55-43-14-12-39(63-31-49(32-63)33-66-34-49)38(53-43)27-44(64)62-19-5-17-60(18-6-20-62)40-9-2-7-35-28-51-47(56-45(35)40)54-42-13-11-37(30-50-42)59-23-25-65-26-24-59/h2-3,7-14,28-30H,4-6,15-27,31-34H2,1H3,(H,50,51,54,56)(H,52,53,55,57). The number of rotatable bonds is 10. The van der Waals surface area contributed by atoms with E-state index in [1.54, 1.807) is 0 Å². The SMILES string of the molecule is CN1CCCN(c2cccc3cnc(Nc4ccc(N5CC6(COC6)C5)c(CC(=O)N5CCCN(c6cccc7cnc(Nc8ccc(N9CCOCC9)cn8)nc67)CCC5)n4)nc23)CC1. The number of anilines is 8. The van der Waals surface area contributed by atoms with Crippen molar-refractivity contribution in [1.29, 1.82) is 0 Å². The van der Waals surface area contributed by atoms with Crippen LogP contribution in [-0.2, 0) is 20.7 Å². The van der Waals surface area contributed by atoms with Gasteiger partial charge in [-0.2, -0.15) is 0 Å². The minimum atomic E-state index is 0.0893. The number of para-hydroxylation sites is 2. The summed E-state index contributed by atoms with van der Waals surface area (Å²) in [6.45, 7) is 13.5. The van der Waals surface area contributed by atoms with Gasteiger partial charge in [-0.3, -0.25) is 4.79 Å². The minimum absolute atomic E-state index is 0.0893. The number of fused-ring (bicyclic) bond motifs is 2. The van der Waals surface area contributed by atoms with Gasteiger partial charge >= 0.3 is 0 Å². The summed E-state index contributed by atoms with van der Waals surface area (Å²) in [6, 6.07) is 20.7. The third-order valence-electron chi connectivity index (χ3n) is 13.7. The average Bonchev–Trinajstić information content (AvgIpc) is 3.53. The Morgan fingerprint density at radius 1 is 0.591 bits per heavy atom. The molecule has 6 aromatic rings. The number of aromatic nitrogens is 6. The number of amides is 1. The molecule has 5 aliphatic heterocycles. The summed E-state index contributed by atoms with van der Waals surface area (Å²) in [6.07, 6.45) is 8.60. The zero-order chi connectivity index (χ0) is 44.5. The Hall–Kier alpha value is -6.43. The summed E-state index contributed by atoms with van der Waals surface area (Å²) in [4.78, 5) is 57.3. The normalized spacial score (nSPS) is 19.3. The maximum Gasteiger partial charge on any atom is 0.228 e. The monoisotopic (exact) mass is 890 g/mol. The van der Waals surface area contributed by atoms with Crippen molar-refractivity contribution in [3.05, 3.63) is 84.9 Å². The molecule has 0 aliphatic carbocycles. The predicted molar refractivity (Wildman–Crippen MR) is 259 cm³/mol. The van der Waals surface area contributed by atoms with Gasteiger partial charge in [0.2, 0.25) is 17.8 Å². The lowest BCUT2D eigenvalue weighted by Crippen LogP contribution is -2.66. The van der Waals surface area contributed by atoms with Crippen LogP contribution in [0.3, 0.4) is 0 Å². The maximum atomic E-state index is 14.3. The number of benzene rings is 2. The van der Waals surface area contributed by atoms with Crippen LogP contribution in [0.1, 0.15) is 25.0 Å². The molecule has 0 unspecified atom stereocenters. The molecule has 0 saturated carbocycles. The molecule has 66 heavy (non-hydrogen) atoms. The first-order valence-electron chi connectivity index (χ1n) is 23.6. The first-order chi connectivity index (χ1) is 32.4. The first-order valence-corrected chi connectivity index (χ1v) is 23.6. The van der Waals surface area contributed by atoms with Crippen molar-refractivity contribution >= 4 is 74.0 Å². The molecule has 11 rings (SSSR count). The van der Waals surface area contributed by atoms with Crippen LogP contribution >= 0.6 is 0 Å². The topological polar surface area (TPSA) is 156 Å². The van der Waals surface area contributed by atoms with Crippen LogP contribution in [0.2, 0.25) is 0 Å². The molecule has 17 heteroatoms. The summed E-state index contributed by atoms with van der Waals surface area (Å²) in [5.74, 6) is 2.39. The van der Waals surface area contributed by atoms with Crippen LogP contribution in [0.15, 0.2) is 79.3 Å². The molecule has 2 aromatic carbocycles. The van der Waals surface area contributed by atoms with Gasteiger partial charge in [0.1, 0.15) is 11.6 Å². The largest absolute Gasteiger partial charge is 0.380 e. The van der Waals surface area contributed by atoms with E-state index in [1.165, 1.54) is 0 Å². The van der Waals surface area contributed by atoms with E-state index in [4.69, 9.17) is 29.4 Å². The zero-order valence-electron chi connectivity index (χ0n) is 37.7. The number of morpholine rings is 1. The molecule has 5 saturated heterocycles. The van der Waals surface area contributed by atoms with Crippen LogP contribution in [0.5, 0.6) is 0 Å². The van der Waals surface area contributed by atoms with E-state index < -0.39 is 0 Å². The van der Waals surface area contributed by atoms with E-state index >= 15 is 0 Å². The second kappa shape index (κ2) is 18.5. The second-order valence-electron chi connectivity index (χ2n) is 18.5. The van der Waals surface area contributed by atoms with E-state index in [9.17, 15) is 4.79 Å². The van der Waals surface area contributed by atoms with Crippen molar-refractivity contribution in [3.8, 4) is 0 Å². The van der Waals surface area contributed by atoms with Gasteiger partial charge in [-0.25, -0.2) is 29.9 Å². The number of nitrogens with zero attached hydrogens (tertiary/aromatic N) is 12. The van der Waals surface area contributed by atoms with Crippen LogP contribution in [0.25, 0.3) is 21.8 Å². The van der Waals surface area contributed by atoms with Crippen LogP contribution in [0, 0.1) is 5.41 Å². The molecule has 2 N–H and O–H groups in total. The average molecular weight is 891 g/mol. The minimum Gasteiger partial charge on any atom is -0.380 e. The molecule has 5 aliphatic rings. The summed E-state index contributed by atoms with van der Waals surface area (Å²) >= 11 is 0. The Kier molecular flexibility index (Phi) is 11.8. The highest BCUT2D eigenvalue weighted by Gasteiger charge is 2.49. The molecule has 17 nitrogen and oxygen atoms in total. The maximum absolute atomic E-state index is 14.3. The molecular weight excluding hydrogens is 833 g/mol. The number of pyridine rings is 2. The van der Waals surface area contributed by atoms with Gasteiger partial charge in [0.15, 0.2) is 0 Å². The highest BCUT2D eigenvalue weighted by atomic mass is 16.5.